The molecule has 0 N–H and O–H groups in total. The molecule has 0 saturated heterocycles. The summed E-state index contributed by atoms with van der Waals surface area (Å²) in [6.07, 6.45) is 0. The Morgan fingerprint density at radius 2 is 1.57 bits per heavy atom. The molecule has 0 atom stereocenters. The van der Waals surface area contributed by atoms with Gasteiger partial charge in [0, 0.05) is 24.2 Å². The van der Waals surface area contributed by atoms with Crippen molar-refractivity contribution in [3.63, 3.8) is 0 Å². The fourth-order valence-electron chi connectivity index (χ4n) is 3.40. The van der Waals surface area contributed by atoms with Gasteiger partial charge in [0.15, 0.2) is 10.9 Å². The second kappa shape index (κ2) is 9.49. The molecule has 158 valence electrons. The number of anilines is 1. The molecule has 0 aliphatic rings. The lowest BCUT2D eigenvalue weighted by Gasteiger charge is -2.24. The van der Waals surface area contributed by atoms with Crippen LogP contribution in [-0.4, -0.2) is 47.8 Å². The van der Waals surface area contributed by atoms with Crippen LogP contribution in [0.3, 0.4) is 0 Å². The van der Waals surface area contributed by atoms with Crippen molar-refractivity contribution in [3.05, 3.63) is 58.7 Å². The van der Waals surface area contributed by atoms with Crippen molar-refractivity contribution in [1.29, 1.82) is 0 Å². The Kier molecular flexibility index (Phi) is 7.00. The van der Waals surface area contributed by atoms with Crippen LogP contribution < -0.4 is 4.90 Å². The molecule has 0 bridgehead atoms. The number of carbonyl (C=O) groups is 2. The number of nitrogens with zero attached hydrogens (tertiary/aromatic N) is 3. The topological polar surface area (TPSA) is 53.5 Å². The van der Waals surface area contributed by atoms with Gasteiger partial charge in [-0.3, -0.25) is 14.5 Å². The molecular formula is C24H29N3O2S. The van der Waals surface area contributed by atoms with Gasteiger partial charge in [-0.05, 0) is 63.2 Å². The van der Waals surface area contributed by atoms with Gasteiger partial charge in [0.05, 0.1) is 10.2 Å². The number of aromatic nitrogens is 1. The van der Waals surface area contributed by atoms with Crippen LogP contribution in [-0.2, 0) is 0 Å². The minimum absolute atomic E-state index is 0.00981. The molecule has 0 fully saturated rings. The van der Waals surface area contributed by atoms with E-state index >= 15 is 0 Å². The zero-order valence-electron chi connectivity index (χ0n) is 18.4. The molecule has 30 heavy (non-hydrogen) atoms. The van der Waals surface area contributed by atoms with Crippen LogP contribution in [0.5, 0.6) is 0 Å². The molecular weight excluding hydrogens is 394 g/mol. The molecule has 1 amide bonds. The second-order valence-corrected chi connectivity index (χ2v) is 8.48. The Morgan fingerprint density at radius 1 is 0.933 bits per heavy atom. The van der Waals surface area contributed by atoms with Gasteiger partial charge in [0.25, 0.3) is 5.91 Å². The first-order valence-electron chi connectivity index (χ1n) is 10.4. The van der Waals surface area contributed by atoms with Gasteiger partial charge < -0.3 is 4.90 Å². The summed E-state index contributed by atoms with van der Waals surface area (Å²) in [4.78, 5) is 33.9. The van der Waals surface area contributed by atoms with Gasteiger partial charge in [-0.1, -0.05) is 43.4 Å². The predicted octanol–water partition coefficient (Wildman–Crippen LogP) is 5.10. The van der Waals surface area contributed by atoms with Crippen molar-refractivity contribution < 1.29 is 9.59 Å². The lowest BCUT2D eigenvalue weighted by molar-refractivity contribution is 0.0980. The first kappa shape index (κ1) is 22.1. The monoisotopic (exact) mass is 423 g/mol. The molecule has 0 radical (unpaired) electrons. The third-order valence-corrected chi connectivity index (χ3v) is 6.67. The van der Waals surface area contributed by atoms with Crippen LogP contribution in [0.15, 0.2) is 36.4 Å². The summed E-state index contributed by atoms with van der Waals surface area (Å²) in [5.74, 6) is -0.102. The van der Waals surface area contributed by atoms with Crippen LogP contribution in [0.1, 0.15) is 52.6 Å². The Bertz CT molecular complexity index is 1050. The van der Waals surface area contributed by atoms with Crippen molar-refractivity contribution in [2.75, 3.05) is 31.1 Å². The number of rotatable bonds is 8. The fourth-order valence-corrected chi connectivity index (χ4v) is 4.45. The Balaban J connectivity index is 1.98. The number of fused-ring (bicyclic) bond motifs is 1. The van der Waals surface area contributed by atoms with Crippen LogP contribution in [0.4, 0.5) is 5.13 Å². The lowest BCUT2D eigenvalue weighted by atomic mass is 10.1. The highest BCUT2D eigenvalue weighted by molar-refractivity contribution is 7.22. The van der Waals surface area contributed by atoms with E-state index in [-0.39, 0.29) is 11.7 Å². The summed E-state index contributed by atoms with van der Waals surface area (Å²) < 4.78 is 1.08. The van der Waals surface area contributed by atoms with E-state index in [2.05, 4.69) is 44.7 Å². The average Bonchev–Trinajstić information content (AvgIpc) is 3.18. The number of likely N-dealkylation sites (N-methyl/N-ethyl adjacent to an activating group) is 1. The highest BCUT2D eigenvalue weighted by atomic mass is 32.1. The first-order valence-corrected chi connectivity index (χ1v) is 11.2. The summed E-state index contributed by atoms with van der Waals surface area (Å²) in [5, 5.41) is 0.714. The van der Waals surface area contributed by atoms with Gasteiger partial charge in [-0.15, -0.1) is 0 Å². The largest absolute Gasteiger partial charge is 0.302 e. The highest BCUT2D eigenvalue weighted by Gasteiger charge is 2.22. The maximum absolute atomic E-state index is 13.4. The van der Waals surface area contributed by atoms with E-state index in [0.717, 1.165) is 35.4 Å². The number of Topliss-reactive ketones (excluding diaryl/α,β-unsaturated/α-hetero) is 1. The van der Waals surface area contributed by atoms with E-state index in [4.69, 9.17) is 4.98 Å². The SMILES string of the molecule is CCN(CC)CCN(C(=O)c1ccc(C(C)=O)cc1)c1nc2c(C)c(C)ccc2s1. The number of carbonyl (C=O) groups excluding carboxylic acids is 2. The number of aryl methyl sites for hydroxylation is 2. The normalized spacial score (nSPS) is 11.3. The fraction of sp³-hybridized carbons (Fsp3) is 0.375. The number of hydrogen-bond acceptors (Lipinski definition) is 5. The number of thiazole rings is 1. The Labute approximate surface area is 182 Å². The first-order chi connectivity index (χ1) is 14.3. The average molecular weight is 424 g/mol. The van der Waals surface area contributed by atoms with Gasteiger partial charge in [0.1, 0.15) is 0 Å². The minimum atomic E-state index is -0.0920. The minimum Gasteiger partial charge on any atom is -0.302 e. The van der Waals surface area contributed by atoms with Crippen LogP contribution in [0, 0.1) is 13.8 Å². The molecule has 3 rings (SSSR count). The quantitative estimate of drug-likeness (QED) is 0.473. The molecule has 6 heteroatoms. The van der Waals surface area contributed by atoms with Gasteiger partial charge >= 0.3 is 0 Å². The summed E-state index contributed by atoms with van der Waals surface area (Å²) >= 11 is 1.55. The molecule has 0 spiro atoms. The van der Waals surface area contributed by atoms with E-state index in [1.807, 2.05) is 0 Å². The third-order valence-electron chi connectivity index (χ3n) is 5.62. The van der Waals surface area contributed by atoms with Crippen molar-refractivity contribution in [3.8, 4) is 0 Å². The van der Waals surface area contributed by atoms with E-state index in [1.54, 1.807) is 40.5 Å². The molecule has 3 aromatic rings. The van der Waals surface area contributed by atoms with E-state index in [9.17, 15) is 9.59 Å². The highest BCUT2D eigenvalue weighted by Crippen LogP contribution is 2.32. The molecule has 1 aromatic heterocycles. The molecule has 0 aliphatic heterocycles. The molecule has 0 aliphatic carbocycles. The summed E-state index contributed by atoms with van der Waals surface area (Å²) in [6.45, 7) is 13.1. The van der Waals surface area contributed by atoms with Crippen LogP contribution >= 0.6 is 11.3 Å². The lowest BCUT2D eigenvalue weighted by Crippen LogP contribution is -2.38. The van der Waals surface area contributed by atoms with Gasteiger partial charge in [0.2, 0.25) is 0 Å². The smallest absolute Gasteiger partial charge is 0.260 e. The number of benzene rings is 2. The van der Waals surface area contributed by atoms with Crippen molar-refractivity contribution in [2.45, 2.75) is 34.6 Å². The van der Waals surface area contributed by atoms with E-state index in [1.165, 1.54) is 12.5 Å². The molecule has 0 saturated carbocycles. The molecule has 2 aromatic carbocycles. The maximum Gasteiger partial charge on any atom is 0.260 e. The van der Waals surface area contributed by atoms with Gasteiger partial charge in [-0.2, -0.15) is 0 Å². The summed E-state index contributed by atoms with van der Waals surface area (Å²) in [5.41, 5.74) is 4.47. The predicted molar refractivity (Wildman–Crippen MR) is 125 cm³/mol. The molecule has 0 unspecified atom stereocenters. The number of amides is 1. The molecule has 1 heterocycles. The van der Waals surface area contributed by atoms with Crippen molar-refractivity contribution >= 4 is 38.4 Å². The van der Waals surface area contributed by atoms with Gasteiger partial charge in [-0.25, -0.2) is 4.98 Å². The van der Waals surface area contributed by atoms with E-state index < -0.39 is 0 Å². The zero-order chi connectivity index (χ0) is 21.8. The number of hydrogen-bond donors (Lipinski definition) is 0. The zero-order valence-corrected chi connectivity index (χ0v) is 19.2. The standard InChI is InChI=1S/C24H29N3O2S/c1-6-26(7-2)14-15-27(23(29)20-11-9-19(10-12-20)18(5)28)24-25-22-17(4)16(3)8-13-21(22)30-24/h8-13H,6-7,14-15H2,1-5H3. The second-order valence-electron chi connectivity index (χ2n) is 7.47. The number of ketones is 1. The Morgan fingerprint density at radius 3 is 2.17 bits per heavy atom. The Hall–Kier alpha value is -2.57. The summed E-state index contributed by atoms with van der Waals surface area (Å²) in [6, 6.07) is 11.1. The molecule has 5 nitrogen and oxygen atoms in total. The van der Waals surface area contributed by atoms with Crippen molar-refractivity contribution in [1.82, 2.24) is 9.88 Å². The third kappa shape index (κ3) is 4.60. The van der Waals surface area contributed by atoms with E-state index in [0.29, 0.717) is 22.8 Å². The maximum atomic E-state index is 13.4. The van der Waals surface area contributed by atoms with Crippen LogP contribution in [0.2, 0.25) is 0 Å². The van der Waals surface area contributed by atoms with Crippen LogP contribution in [0.25, 0.3) is 10.2 Å². The summed E-state index contributed by atoms with van der Waals surface area (Å²) in [7, 11) is 0. The van der Waals surface area contributed by atoms with Crippen molar-refractivity contribution in [2.24, 2.45) is 0 Å².